The number of aromatic nitrogens is 2. The van der Waals surface area contributed by atoms with Crippen molar-refractivity contribution < 1.29 is 0 Å². The number of nitrogens with two attached hydrogens (primary N) is 2. The van der Waals surface area contributed by atoms with Crippen LogP contribution in [0.15, 0.2) is 12.4 Å². The molecule has 0 spiro atoms. The van der Waals surface area contributed by atoms with Gasteiger partial charge in [0.05, 0.1) is 0 Å². The first-order valence-corrected chi connectivity index (χ1v) is 5.27. The second-order valence-electron chi connectivity index (χ2n) is 3.29. The number of anilines is 1. The monoisotopic (exact) mass is 209 g/mol. The molecule has 84 valence electrons. The highest BCUT2D eigenvalue weighted by molar-refractivity contribution is 5.38. The van der Waals surface area contributed by atoms with E-state index in [1.165, 1.54) is 0 Å². The van der Waals surface area contributed by atoms with Gasteiger partial charge in [0.25, 0.3) is 0 Å². The van der Waals surface area contributed by atoms with E-state index in [2.05, 4.69) is 21.8 Å². The van der Waals surface area contributed by atoms with Gasteiger partial charge in [-0.1, -0.05) is 6.92 Å². The second-order valence-corrected chi connectivity index (χ2v) is 3.29. The zero-order chi connectivity index (χ0) is 11.1. The van der Waals surface area contributed by atoms with Crippen LogP contribution in [0.5, 0.6) is 0 Å². The van der Waals surface area contributed by atoms with Gasteiger partial charge in [-0.15, -0.1) is 0 Å². The van der Waals surface area contributed by atoms with Crippen LogP contribution < -0.4 is 16.4 Å². The summed E-state index contributed by atoms with van der Waals surface area (Å²) >= 11 is 0. The molecule has 0 unspecified atom stereocenters. The minimum absolute atomic E-state index is 0.603. The van der Waals surface area contributed by atoms with E-state index in [1.54, 1.807) is 6.33 Å². The smallest absolute Gasteiger partial charge is 0.132 e. The molecule has 0 radical (unpaired) electrons. The Balaban J connectivity index is 2.79. The maximum Gasteiger partial charge on any atom is 0.132 e. The zero-order valence-electron chi connectivity index (χ0n) is 9.19. The predicted octanol–water partition coefficient (Wildman–Crippen LogP) is -0.237. The van der Waals surface area contributed by atoms with E-state index in [1.807, 2.05) is 6.07 Å². The van der Waals surface area contributed by atoms with Crippen LogP contribution in [0.25, 0.3) is 0 Å². The van der Waals surface area contributed by atoms with Gasteiger partial charge in [-0.2, -0.15) is 0 Å². The highest BCUT2D eigenvalue weighted by Crippen LogP contribution is 2.10. The molecule has 0 atom stereocenters. The van der Waals surface area contributed by atoms with Gasteiger partial charge in [0.2, 0.25) is 0 Å². The molecule has 0 saturated heterocycles. The predicted molar refractivity (Wildman–Crippen MR) is 61.7 cm³/mol. The Labute approximate surface area is 90.5 Å². The van der Waals surface area contributed by atoms with Crippen LogP contribution in [0.1, 0.15) is 12.6 Å². The lowest BCUT2D eigenvalue weighted by molar-refractivity contribution is 0.765. The fourth-order valence-electron chi connectivity index (χ4n) is 1.40. The van der Waals surface area contributed by atoms with Crippen LogP contribution in [-0.2, 0) is 6.42 Å². The molecule has 15 heavy (non-hydrogen) atoms. The minimum atomic E-state index is 0.603. The third-order valence-corrected chi connectivity index (χ3v) is 2.19. The van der Waals surface area contributed by atoms with E-state index in [9.17, 15) is 0 Å². The fourth-order valence-corrected chi connectivity index (χ4v) is 1.40. The molecule has 0 bridgehead atoms. The summed E-state index contributed by atoms with van der Waals surface area (Å²) in [5.41, 5.74) is 12.1. The molecule has 5 heteroatoms. The normalized spacial score (nSPS) is 10.3. The average molecular weight is 209 g/mol. The van der Waals surface area contributed by atoms with Gasteiger partial charge < -0.3 is 16.4 Å². The van der Waals surface area contributed by atoms with E-state index >= 15 is 0 Å². The molecule has 0 aliphatic heterocycles. The van der Waals surface area contributed by atoms with E-state index in [4.69, 9.17) is 11.5 Å². The average Bonchev–Trinajstić information content (AvgIpc) is 2.29. The number of aryl methyl sites for hydroxylation is 1. The maximum atomic E-state index is 5.54. The largest absolute Gasteiger partial charge is 0.354 e. The first kappa shape index (κ1) is 11.9. The molecule has 0 aliphatic carbocycles. The molecular formula is C10H19N5. The van der Waals surface area contributed by atoms with Crippen LogP contribution >= 0.6 is 0 Å². The third kappa shape index (κ3) is 3.45. The first-order valence-electron chi connectivity index (χ1n) is 5.27. The molecule has 1 heterocycles. The van der Waals surface area contributed by atoms with Crippen molar-refractivity contribution in [3.05, 3.63) is 18.1 Å². The van der Waals surface area contributed by atoms with Crippen LogP contribution in [0, 0.1) is 0 Å². The first-order chi connectivity index (χ1) is 7.31. The molecular weight excluding hydrogens is 190 g/mol. The Kier molecular flexibility index (Phi) is 5.00. The quantitative estimate of drug-likeness (QED) is 0.676. The minimum Gasteiger partial charge on any atom is -0.354 e. The van der Waals surface area contributed by atoms with E-state index < -0.39 is 0 Å². The SMILES string of the molecule is CCc1cc(N(CCN)CCN)ncn1. The molecule has 0 aromatic carbocycles. The maximum absolute atomic E-state index is 5.54. The Morgan fingerprint density at radius 2 is 1.87 bits per heavy atom. The van der Waals surface area contributed by atoms with Gasteiger partial charge in [0, 0.05) is 37.9 Å². The van der Waals surface area contributed by atoms with Crippen molar-refractivity contribution in [2.75, 3.05) is 31.1 Å². The van der Waals surface area contributed by atoms with E-state index in [0.717, 1.165) is 31.0 Å². The van der Waals surface area contributed by atoms with Gasteiger partial charge in [0.15, 0.2) is 0 Å². The summed E-state index contributed by atoms with van der Waals surface area (Å²) in [5.74, 6) is 0.915. The summed E-state index contributed by atoms with van der Waals surface area (Å²) in [7, 11) is 0. The van der Waals surface area contributed by atoms with Crippen molar-refractivity contribution in [2.24, 2.45) is 11.5 Å². The molecule has 1 aromatic rings. The molecule has 0 saturated carbocycles. The Morgan fingerprint density at radius 1 is 1.20 bits per heavy atom. The van der Waals surface area contributed by atoms with Crippen molar-refractivity contribution in [2.45, 2.75) is 13.3 Å². The van der Waals surface area contributed by atoms with Crippen LogP contribution in [-0.4, -0.2) is 36.1 Å². The van der Waals surface area contributed by atoms with Crippen molar-refractivity contribution in [1.82, 2.24) is 9.97 Å². The molecule has 0 fully saturated rings. The number of hydrogen-bond donors (Lipinski definition) is 2. The van der Waals surface area contributed by atoms with E-state index in [-0.39, 0.29) is 0 Å². The van der Waals surface area contributed by atoms with Crippen molar-refractivity contribution in [3.8, 4) is 0 Å². The van der Waals surface area contributed by atoms with Crippen LogP contribution in [0.3, 0.4) is 0 Å². The summed E-state index contributed by atoms with van der Waals surface area (Å²) in [4.78, 5) is 10.5. The molecule has 0 amide bonds. The zero-order valence-corrected chi connectivity index (χ0v) is 9.19. The van der Waals surface area contributed by atoms with Crippen LogP contribution in [0.2, 0.25) is 0 Å². The van der Waals surface area contributed by atoms with Gasteiger partial charge in [0.1, 0.15) is 12.1 Å². The molecule has 0 aliphatic rings. The van der Waals surface area contributed by atoms with Gasteiger partial charge in [-0.25, -0.2) is 9.97 Å². The van der Waals surface area contributed by atoms with Gasteiger partial charge >= 0.3 is 0 Å². The lowest BCUT2D eigenvalue weighted by Crippen LogP contribution is -2.34. The number of hydrogen-bond acceptors (Lipinski definition) is 5. The fraction of sp³-hybridized carbons (Fsp3) is 0.600. The second kappa shape index (κ2) is 6.31. The van der Waals surface area contributed by atoms with Gasteiger partial charge in [-0.3, -0.25) is 0 Å². The lowest BCUT2D eigenvalue weighted by Gasteiger charge is -2.22. The Morgan fingerprint density at radius 3 is 2.40 bits per heavy atom. The highest BCUT2D eigenvalue weighted by atomic mass is 15.2. The molecule has 4 N–H and O–H groups in total. The summed E-state index contributed by atoms with van der Waals surface area (Å²) < 4.78 is 0. The molecule has 1 rings (SSSR count). The lowest BCUT2D eigenvalue weighted by atomic mass is 10.3. The number of nitrogens with zero attached hydrogens (tertiary/aromatic N) is 3. The number of rotatable bonds is 6. The standard InChI is InChI=1S/C10H19N5/c1-2-9-7-10(14-8-13-9)15(5-3-11)6-4-12/h7-8H,2-6,11-12H2,1H3. The van der Waals surface area contributed by atoms with Crippen molar-refractivity contribution in [3.63, 3.8) is 0 Å². The third-order valence-electron chi connectivity index (χ3n) is 2.19. The summed E-state index contributed by atoms with van der Waals surface area (Å²) in [5, 5.41) is 0. The van der Waals surface area contributed by atoms with Gasteiger partial charge in [-0.05, 0) is 6.42 Å². The summed E-state index contributed by atoms with van der Waals surface area (Å²) in [6.07, 6.45) is 2.50. The Bertz CT molecular complexity index is 283. The van der Waals surface area contributed by atoms with Crippen molar-refractivity contribution >= 4 is 5.82 Å². The molecule has 5 nitrogen and oxygen atoms in total. The highest BCUT2D eigenvalue weighted by Gasteiger charge is 2.06. The van der Waals surface area contributed by atoms with Crippen LogP contribution in [0.4, 0.5) is 5.82 Å². The van der Waals surface area contributed by atoms with Crippen molar-refractivity contribution in [1.29, 1.82) is 0 Å². The topological polar surface area (TPSA) is 81.1 Å². The Hall–Kier alpha value is -1.20. The molecule has 1 aromatic heterocycles. The summed E-state index contributed by atoms with van der Waals surface area (Å²) in [6, 6.07) is 1.99. The van der Waals surface area contributed by atoms with E-state index in [0.29, 0.717) is 13.1 Å². The summed E-state index contributed by atoms with van der Waals surface area (Å²) in [6.45, 7) is 4.83.